The average Bonchev–Trinajstić information content (AvgIpc) is 3.38. The molecule has 0 spiro atoms. The number of benzene rings is 2. The fourth-order valence-electron chi connectivity index (χ4n) is 3.75. The van der Waals surface area contributed by atoms with Crippen LogP contribution in [-0.2, 0) is 21.4 Å². The standard InChI is InChI=1S/C20H19ClN4O5S2/c1-2-23-17-12-14(25(27)28)7-10-18(17)31-20(23)22-19(26)16-4-3-11-24(16)32(29,30)15-8-5-13(21)6-9-15/h5-10,12,16H,2-4,11H2,1H3. The Labute approximate surface area is 192 Å². The van der Waals surface area contributed by atoms with Gasteiger partial charge < -0.3 is 4.57 Å². The molecule has 1 aromatic heterocycles. The van der Waals surface area contributed by atoms with Gasteiger partial charge >= 0.3 is 0 Å². The minimum atomic E-state index is -3.88. The van der Waals surface area contributed by atoms with Crippen LogP contribution in [0.4, 0.5) is 5.69 Å². The number of thiazole rings is 1. The molecule has 1 saturated heterocycles. The van der Waals surface area contributed by atoms with Gasteiger partial charge in [0.05, 0.1) is 20.0 Å². The van der Waals surface area contributed by atoms with Crippen LogP contribution in [0, 0.1) is 10.1 Å². The summed E-state index contributed by atoms with van der Waals surface area (Å²) in [6.07, 6.45) is 0.919. The second-order valence-electron chi connectivity index (χ2n) is 7.22. The summed E-state index contributed by atoms with van der Waals surface area (Å²) in [5, 5.41) is 11.5. The van der Waals surface area contributed by atoms with E-state index in [0.717, 1.165) is 4.70 Å². The van der Waals surface area contributed by atoms with E-state index < -0.39 is 26.9 Å². The van der Waals surface area contributed by atoms with Crippen molar-refractivity contribution in [3.63, 3.8) is 0 Å². The van der Waals surface area contributed by atoms with Crippen molar-refractivity contribution in [1.29, 1.82) is 0 Å². The largest absolute Gasteiger partial charge is 0.316 e. The van der Waals surface area contributed by atoms with Crippen molar-refractivity contribution < 1.29 is 18.1 Å². The number of nitrogens with zero attached hydrogens (tertiary/aromatic N) is 4. The Bertz CT molecular complexity index is 1380. The maximum atomic E-state index is 13.1. The van der Waals surface area contributed by atoms with E-state index in [0.29, 0.717) is 34.7 Å². The highest BCUT2D eigenvalue weighted by atomic mass is 35.5. The third kappa shape index (κ3) is 4.08. The van der Waals surface area contributed by atoms with E-state index >= 15 is 0 Å². The maximum Gasteiger partial charge on any atom is 0.271 e. The summed E-state index contributed by atoms with van der Waals surface area (Å²) < 4.78 is 29.9. The highest BCUT2D eigenvalue weighted by molar-refractivity contribution is 7.89. The molecule has 0 bridgehead atoms. The summed E-state index contributed by atoms with van der Waals surface area (Å²) in [5.41, 5.74) is 0.557. The van der Waals surface area contributed by atoms with Gasteiger partial charge in [0.25, 0.3) is 11.6 Å². The molecule has 2 aromatic carbocycles. The Hall–Kier alpha value is -2.60. The molecule has 0 N–H and O–H groups in total. The number of nitro benzene ring substituents is 1. The molecule has 2 heterocycles. The molecule has 0 aliphatic carbocycles. The number of sulfonamides is 1. The van der Waals surface area contributed by atoms with Gasteiger partial charge in [-0.15, -0.1) is 0 Å². The van der Waals surface area contributed by atoms with Gasteiger partial charge in [0.1, 0.15) is 6.04 Å². The Morgan fingerprint density at radius 1 is 1.28 bits per heavy atom. The first kappa shape index (κ1) is 22.6. The van der Waals surface area contributed by atoms with E-state index in [-0.39, 0.29) is 17.1 Å². The molecule has 9 nitrogen and oxygen atoms in total. The molecule has 1 fully saturated rings. The number of aryl methyl sites for hydroxylation is 1. The first-order chi connectivity index (χ1) is 15.2. The Kier molecular flexibility index (Phi) is 6.17. The number of hydrogen-bond acceptors (Lipinski definition) is 6. The van der Waals surface area contributed by atoms with E-state index in [1.807, 2.05) is 6.92 Å². The van der Waals surface area contributed by atoms with Crippen LogP contribution in [-0.4, -0.2) is 40.7 Å². The second kappa shape index (κ2) is 8.74. The van der Waals surface area contributed by atoms with Crippen molar-refractivity contribution in [2.24, 2.45) is 4.99 Å². The van der Waals surface area contributed by atoms with E-state index in [1.165, 1.54) is 52.0 Å². The molecule has 1 amide bonds. The molecule has 1 aliphatic rings. The van der Waals surface area contributed by atoms with E-state index in [1.54, 1.807) is 10.6 Å². The van der Waals surface area contributed by atoms with Gasteiger partial charge in [-0.25, -0.2) is 8.42 Å². The minimum absolute atomic E-state index is 0.0496. The quantitative estimate of drug-likeness (QED) is 0.397. The summed E-state index contributed by atoms with van der Waals surface area (Å²) in [6.45, 7) is 2.52. The number of carbonyl (C=O) groups is 1. The summed E-state index contributed by atoms with van der Waals surface area (Å²) in [7, 11) is -3.88. The van der Waals surface area contributed by atoms with Gasteiger partial charge in [0.15, 0.2) is 4.80 Å². The molecule has 0 saturated carbocycles. The first-order valence-electron chi connectivity index (χ1n) is 9.86. The SMILES string of the molecule is CCn1c(=NC(=O)C2CCCN2S(=O)(=O)c2ccc(Cl)cc2)sc2ccc([N+](=O)[O-])cc21. The van der Waals surface area contributed by atoms with Gasteiger partial charge in [-0.05, 0) is 50.1 Å². The molecule has 1 atom stereocenters. The summed E-state index contributed by atoms with van der Waals surface area (Å²) in [4.78, 5) is 28.4. The van der Waals surface area contributed by atoms with Gasteiger partial charge in [-0.1, -0.05) is 22.9 Å². The van der Waals surface area contributed by atoms with Crippen molar-refractivity contribution >= 4 is 54.8 Å². The fourth-order valence-corrected chi connectivity index (χ4v) is 6.60. The molecular formula is C20H19ClN4O5S2. The lowest BCUT2D eigenvalue weighted by atomic mass is 10.2. The van der Waals surface area contributed by atoms with Crippen molar-refractivity contribution in [2.45, 2.75) is 37.2 Å². The van der Waals surface area contributed by atoms with Crippen LogP contribution < -0.4 is 4.80 Å². The van der Waals surface area contributed by atoms with Crippen molar-refractivity contribution in [2.75, 3.05) is 6.54 Å². The lowest BCUT2D eigenvalue weighted by molar-refractivity contribution is -0.384. The van der Waals surface area contributed by atoms with Gasteiger partial charge in [-0.2, -0.15) is 9.30 Å². The molecule has 1 unspecified atom stereocenters. The molecule has 3 aromatic rings. The van der Waals surface area contributed by atoms with Crippen LogP contribution in [0.5, 0.6) is 0 Å². The third-order valence-corrected chi connectivity index (χ3v) is 8.54. The monoisotopic (exact) mass is 494 g/mol. The number of fused-ring (bicyclic) bond motifs is 1. The Morgan fingerprint density at radius 3 is 2.66 bits per heavy atom. The molecular weight excluding hydrogens is 476 g/mol. The number of nitro groups is 1. The molecule has 168 valence electrons. The van der Waals surface area contributed by atoms with Crippen molar-refractivity contribution in [1.82, 2.24) is 8.87 Å². The fraction of sp³-hybridized carbons (Fsp3) is 0.300. The van der Waals surface area contributed by atoms with Crippen LogP contribution in [0.25, 0.3) is 10.2 Å². The van der Waals surface area contributed by atoms with Gasteiger partial charge in [0.2, 0.25) is 10.0 Å². The maximum absolute atomic E-state index is 13.1. The van der Waals surface area contributed by atoms with Crippen LogP contribution in [0.2, 0.25) is 5.02 Å². The van der Waals surface area contributed by atoms with Crippen LogP contribution in [0.1, 0.15) is 19.8 Å². The lowest BCUT2D eigenvalue weighted by Crippen LogP contribution is -2.40. The van der Waals surface area contributed by atoms with Crippen molar-refractivity contribution in [3.8, 4) is 0 Å². The Balaban J connectivity index is 1.72. The van der Waals surface area contributed by atoms with Crippen LogP contribution in [0.15, 0.2) is 52.4 Å². The van der Waals surface area contributed by atoms with E-state index in [9.17, 15) is 23.3 Å². The predicted molar refractivity (Wildman–Crippen MR) is 121 cm³/mol. The second-order valence-corrected chi connectivity index (χ2v) is 10.6. The lowest BCUT2D eigenvalue weighted by Gasteiger charge is -2.21. The zero-order valence-corrected chi connectivity index (χ0v) is 19.4. The molecule has 32 heavy (non-hydrogen) atoms. The van der Waals surface area contributed by atoms with Crippen LogP contribution >= 0.6 is 22.9 Å². The van der Waals surface area contributed by atoms with E-state index in [4.69, 9.17) is 11.6 Å². The normalized spacial score (nSPS) is 17.8. The number of amides is 1. The number of rotatable bonds is 5. The summed E-state index contributed by atoms with van der Waals surface area (Å²) in [5.74, 6) is -0.553. The molecule has 0 radical (unpaired) electrons. The van der Waals surface area contributed by atoms with Crippen LogP contribution in [0.3, 0.4) is 0 Å². The number of carbonyl (C=O) groups excluding carboxylic acids is 1. The zero-order valence-electron chi connectivity index (χ0n) is 17.0. The minimum Gasteiger partial charge on any atom is -0.316 e. The smallest absolute Gasteiger partial charge is 0.271 e. The molecule has 4 rings (SSSR count). The molecule has 1 aliphatic heterocycles. The van der Waals surface area contributed by atoms with Gasteiger partial charge in [0, 0.05) is 30.2 Å². The highest BCUT2D eigenvalue weighted by Gasteiger charge is 2.39. The van der Waals surface area contributed by atoms with Gasteiger partial charge in [-0.3, -0.25) is 14.9 Å². The number of halogens is 1. The number of aromatic nitrogens is 1. The number of hydrogen-bond donors (Lipinski definition) is 0. The zero-order chi connectivity index (χ0) is 23.0. The highest BCUT2D eigenvalue weighted by Crippen LogP contribution is 2.28. The topological polar surface area (TPSA) is 115 Å². The summed E-state index contributed by atoms with van der Waals surface area (Å²) in [6, 6.07) is 9.39. The predicted octanol–water partition coefficient (Wildman–Crippen LogP) is 3.56. The average molecular weight is 495 g/mol. The van der Waals surface area contributed by atoms with E-state index in [2.05, 4.69) is 4.99 Å². The first-order valence-corrected chi connectivity index (χ1v) is 12.5. The Morgan fingerprint density at radius 2 is 2.00 bits per heavy atom. The number of non-ortho nitro benzene ring substituents is 1. The van der Waals surface area contributed by atoms with Crippen molar-refractivity contribution in [3.05, 3.63) is 62.4 Å². The molecule has 12 heteroatoms. The summed E-state index contributed by atoms with van der Waals surface area (Å²) >= 11 is 7.10. The third-order valence-electron chi connectivity index (χ3n) is 5.31.